The molecule has 0 saturated heterocycles. The lowest BCUT2D eigenvalue weighted by Crippen LogP contribution is -1.91. The first-order valence-corrected chi connectivity index (χ1v) is 16.8. The molecule has 0 N–H and O–H groups in total. The zero-order valence-corrected chi connectivity index (χ0v) is 26.7. The molecule has 1 heteroatoms. The number of benzene rings is 9. The number of hydrogen-bond donors (Lipinski definition) is 0. The summed E-state index contributed by atoms with van der Waals surface area (Å²) in [4.78, 5) is 0. The Balaban J connectivity index is 1.14. The third kappa shape index (κ3) is 4.40. The summed E-state index contributed by atoms with van der Waals surface area (Å²) in [5.41, 5.74) is 11.7. The van der Waals surface area contributed by atoms with Crippen molar-refractivity contribution in [3.05, 3.63) is 182 Å². The van der Waals surface area contributed by atoms with E-state index in [9.17, 15) is 0 Å². The number of para-hydroxylation sites is 1. The van der Waals surface area contributed by atoms with Crippen molar-refractivity contribution >= 4 is 54.3 Å². The number of rotatable bonds is 4. The van der Waals surface area contributed by atoms with Crippen molar-refractivity contribution in [1.82, 2.24) is 0 Å². The summed E-state index contributed by atoms with van der Waals surface area (Å²) in [6, 6.07) is 65.7. The zero-order valence-electron chi connectivity index (χ0n) is 26.7. The predicted molar refractivity (Wildman–Crippen MR) is 208 cm³/mol. The molecule has 228 valence electrons. The van der Waals surface area contributed by atoms with Crippen molar-refractivity contribution in [3.8, 4) is 44.5 Å². The molecular weight excluding hydrogens is 593 g/mol. The van der Waals surface area contributed by atoms with Gasteiger partial charge in [0.2, 0.25) is 0 Å². The summed E-state index contributed by atoms with van der Waals surface area (Å²) >= 11 is 0. The molecule has 0 fully saturated rings. The van der Waals surface area contributed by atoms with Gasteiger partial charge in [0, 0.05) is 16.2 Å². The van der Waals surface area contributed by atoms with E-state index in [4.69, 9.17) is 4.42 Å². The maximum absolute atomic E-state index is 6.38. The highest BCUT2D eigenvalue weighted by Crippen LogP contribution is 2.45. The number of fused-ring (bicyclic) bond motifs is 7. The summed E-state index contributed by atoms with van der Waals surface area (Å²) in [5.74, 6) is 0. The summed E-state index contributed by atoms with van der Waals surface area (Å²) in [5, 5.41) is 9.67. The van der Waals surface area contributed by atoms with Crippen molar-refractivity contribution < 1.29 is 4.42 Å². The molecule has 0 unspecified atom stereocenters. The largest absolute Gasteiger partial charge is 0.455 e. The highest BCUT2D eigenvalue weighted by molar-refractivity contribution is 6.22. The summed E-state index contributed by atoms with van der Waals surface area (Å²) in [6.07, 6.45) is 0. The zero-order chi connectivity index (χ0) is 32.3. The Kier molecular flexibility index (Phi) is 6.25. The monoisotopic (exact) mass is 622 g/mol. The topological polar surface area (TPSA) is 13.1 Å². The van der Waals surface area contributed by atoms with E-state index in [1.165, 1.54) is 71.4 Å². The maximum atomic E-state index is 6.38. The Morgan fingerprint density at radius 1 is 0.265 bits per heavy atom. The van der Waals surface area contributed by atoms with E-state index in [-0.39, 0.29) is 0 Å². The average Bonchev–Trinajstić information content (AvgIpc) is 3.56. The fraction of sp³-hybridized carbons (Fsp3) is 0. The second-order valence-electron chi connectivity index (χ2n) is 12.8. The van der Waals surface area contributed by atoms with Gasteiger partial charge in [-0.2, -0.15) is 0 Å². The minimum Gasteiger partial charge on any atom is -0.455 e. The highest BCUT2D eigenvalue weighted by atomic mass is 16.3. The molecule has 0 amide bonds. The molecule has 0 saturated carbocycles. The van der Waals surface area contributed by atoms with E-state index in [0.717, 1.165) is 27.3 Å². The van der Waals surface area contributed by atoms with Crippen LogP contribution in [0.2, 0.25) is 0 Å². The standard InChI is InChI=1S/C48H30O/c1-2-12-31(13-3-1)32-22-26-34(27-23-32)46-38-16-5-7-18-40(38)47(41-19-8-6-17-39(41)46)35-28-24-33(25-29-35)43-30-44-37-15-10-11-21-45(37)49-48(44)42-20-9-4-14-36(42)43/h1-30H. The van der Waals surface area contributed by atoms with Crippen LogP contribution in [0.5, 0.6) is 0 Å². The first kappa shape index (κ1) is 27.7. The lowest BCUT2D eigenvalue weighted by Gasteiger charge is -2.18. The molecule has 0 aliphatic heterocycles. The Labute approximate surface area is 284 Å². The molecule has 49 heavy (non-hydrogen) atoms. The number of furan rings is 1. The Morgan fingerprint density at radius 3 is 1.24 bits per heavy atom. The van der Waals surface area contributed by atoms with E-state index >= 15 is 0 Å². The molecule has 1 aromatic heterocycles. The Morgan fingerprint density at radius 2 is 0.673 bits per heavy atom. The van der Waals surface area contributed by atoms with Crippen LogP contribution in [-0.2, 0) is 0 Å². The number of hydrogen-bond acceptors (Lipinski definition) is 1. The Bertz CT molecular complexity index is 2780. The van der Waals surface area contributed by atoms with Gasteiger partial charge in [-0.1, -0.05) is 170 Å². The molecule has 10 aromatic rings. The fourth-order valence-electron chi connectivity index (χ4n) is 7.81. The van der Waals surface area contributed by atoms with E-state index in [0.29, 0.717) is 0 Å². The quantitative estimate of drug-likeness (QED) is 0.178. The smallest absolute Gasteiger partial charge is 0.143 e. The van der Waals surface area contributed by atoms with Gasteiger partial charge >= 0.3 is 0 Å². The predicted octanol–water partition coefficient (Wildman–Crippen LogP) is 13.7. The summed E-state index contributed by atoms with van der Waals surface area (Å²) in [6.45, 7) is 0. The van der Waals surface area contributed by atoms with Crippen LogP contribution >= 0.6 is 0 Å². The van der Waals surface area contributed by atoms with Gasteiger partial charge < -0.3 is 4.42 Å². The Hall–Kier alpha value is -6.44. The minimum atomic E-state index is 0.921. The van der Waals surface area contributed by atoms with E-state index in [1.807, 2.05) is 6.07 Å². The van der Waals surface area contributed by atoms with Crippen LogP contribution in [0.25, 0.3) is 98.8 Å². The van der Waals surface area contributed by atoms with Gasteiger partial charge in [-0.3, -0.25) is 0 Å². The molecule has 9 aromatic carbocycles. The second-order valence-corrected chi connectivity index (χ2v) is 12.8. The third-order valence-electron chi connectivity index (χ3n) is 10.1. The lowest BCUT2D eigenvalue weighted by atomic mass is 9.85. The van der Waals surface area contributed by atoms with Crippen molar-refractivity contribution in [2.24, 2.45) is 0 Å². The van der Waals surface area contributed by atoms with Gasteiger partial charge in [-0.25, -0.2) is 0 Å². The molecule has 0 aliphatic rings. The van der Waals surface area contributed by atoms with Crippen LogP contribution in [0.3, 0.4) is 0 Å². The third-order valence-corrected chi connectivity index (χ3v) is 10.1. The summed E-state index contributed by atoms with van der Waals surface area (Å²) < 4.78 is 6.38. The van der Waals surface area contributed by atoms with Crippen LogP contribution < -0.4 is 0 Å². The molecule has 0 radical (unpaired) electrons. The SMILES string of the molecule is c1ccc(-c2ccc(-c3c4ccccc4c(-c4ccc(-c5cc6c7ccccc7oc6c6ccccc56)cc4)c4ccccc34)cc2)cc1. The highest BCUT2D eigenvalue weighted by Gasteiger charge is 2.18. The lowest BCUT2D eigenvalue weighted by molar-refractivity contribution is 0.672. The molecule has 0 atom stereocenters. The first-order chi connectivity index (χ1) is 24.3. The van der Waals surface area contributed by atoms with Crippen LogP contribution in [0.15, 0.2) is 186 Å². The van der Waals surface area contributed by atoms with Gasteiger partial charge in [0.25, 0.3) is 0 Å². The van der Waals surface area contributed by atoms with Gasteiger partial charge in [-0.15, -0.1) is 0 Å². The molecule has 0 aliphatic carbocycles. The van der Waals surface area contributed by atoms with Crippen LogP contribution in [0.1, 0.15) is 0 Å². The van der Waals surface area contributed by atoms with E-state index in [1.54, 1.807) is 0 Å². The first-order valence-electron chi connectivity index (χ1n) is 16.8. The van der Waals surface area contributed by atoms with Crippen molar-refractivity contribution in [2.45, 2.75) is 0 Å². The van der Waals surface area contributed by atoms with Crippen molar-refractivity contribution in [2.75, 3.05) is 0 Å². The second kappa shape index (κ2) is 11.1. The molecule has 1 nitrogen and oxygen atoms in total. The molecule has 0 spiro atoms. The van der Waals surface area contributed by atoms with Gasteiger partial charge in [0.15, 0.2) is 0 Å². The van der Waals surface area contributed by atoms with Gasteiger partial charge in [0.05, 0.1) is 0 Å². The van der Waals surface area contributed by atoms with Crippen molar-refractivity contribution in [1.29, 1.82) is 0 Å². The van der Waals surface area contributed by atoms with Crippen LogP contribution in [0, 0.1) is 0 Å². The fourth-order valence-corrected chi connectivity index (χ4v) is 7.81. The molecule has 1 heterocycles. The minimum absolute atomic E-state index is 0.921. The average molecular weight is 623 g/mol. The van der Waals surface area contributed by atoms with Crippen LogP contribution in [-0.4, -0.2) is 0 Å². The van der Waals surface area contributed by atoms with Gasteiger partial charge in [-0.05, 0) is 83.6 Å². The molecule has 0 bridgehead atoms. The van der Waals surface area contributed by atoms with E-state index < -0.39 is 0 Å². The molecular formula is C48H30O. The van der Waals surface area contributed by atoms with Crippen LogP contribution in [0.4, 0.5) is 0 Å². The van der Waals surface area contributed by atoms with Gasteiger partial charge in [0.1, 0.15) is 11.2 Å². The van der Waals surface area contributed by atoms with Crippen molar-refractivity contribution in [3.63, 3.8) is 0 Å². The summed E-state index contributed by atoms with van der Waals surface area (Å²) in [7, 11) is 0. The normalized spacial score (nSPS) is 11.7. The molecule has 10 rings (SSSR count). The maximum Gasteiger partial charge on any atom is 0.143 e. The van der Waals surface area contributed by atoms with E-state index in [2.05, 4.69) is 176 Å².